The molecule has 9 heteroatoms. The van der Waals surface area contributed by atoms with Gasteiger partial charge in [0.1, 0.15) is 5.75 Å². The second-order valence-corrected chi connectivity index (χ2v) is 8.50. The molecule has 1 unspecified atom stereocenters. The van der Waals surface area contributed by atoms with E-state index >= 15 is 0 Å². The molecule has 0 bridgehead atoms. The maximum Gasteiger partial charge on any atom is 0.263 e. The summed E-state index contributed by atoms with van der Waals surface area (Å²) in [6, 6.07) is 4.80. The number of carbonyl (C=O) groups is 1. The minimum absolute atomic E-state index is 0.198. The Morgan fingerprint density at radius 3 is 2.54 bits per heavy atom. The lowest BCUT2D eigenvalue weighted by molar-refractivity contribution is -0.137. The number of rotatable bonds is 4. The van der Waals surface area contributed by atoms with Crippen LogP contribution in [0.3, 0.4) is 0 Å². The van der Waals surface area contributed by atoms with E-state index in [1.807, 2.05) is 0 Å². The SMILES string of the molecule is CC(Oc1ccc(Cl)cc1Cl)C(=O)N1CCCN(S(C)(=O)=O)CC1. The van der Waals surface area contributed by atoms with Crippen molar-refractivity contribution in [3.63, 3.8) is 0 Å². The van der Waals surface area contributed by atoms with Crippen LogP contribution in [0.4, 0.5) is 0 Å². The third-order valence-electron chi connectivity index (χ3n) is 3.78. The van der Waals surface area contributed by atoms with Crippen LogP contribution < -0.4 is 4.74 Å². The molecule has 1 amide bonds. The van der Waals surface area contributed by atoms with Crippen LogP contribution >= 0.6 is 23.2 Å². The third-order valence-corrected chi connectivity index (χ3v) is 5.61. The van der Waals surface area contributed by atoms with Gasteiger partial charge in [-0.05, 0) is 31.5 Å². The van der Waals surface area contributed by atoms with Crippen LogP contribution in [0.15, 0.2) is 18.2 Å². The monoisotopic (exact) mass is 394 g/mol. The zero-order valence-corrected chi connectivity index (χ0v) is 15.9. The van der Waals surface area contributed by atoms with Gasteiger partial charge in [0.15, 0.2) is 6.10 Å². The molecule has 24 heavy (non-hydrogen) atoms. The molecule has 1 saturated heterocycles. The van der Waals surface area contributed by atoms with Crippen molar-refractivity contribution in [3.8, 4) is 5.75 Å². The van der Waals surface area contributed by atoms with Gasteiger partial charge in [-0.25, -0.2) is 12.7 Å². The number of amides is 1. The molecule has 0 spiro atoms. The van der Waals surface area contributed by atoms with Crippen molar-refractivity contribution in [2.24, 2.45) is 0 Å². The summed E-state index contributed by atoms with van der Waals surface area (Å²) in [5.74, 6) is 0.186. The number of sulfonamides is 1. The molecule has 6 nitrogen and oxygen atoms in total. The Kier molecular flexibility index (Phi) is 6.36. The van der Waals surface area contributed by atoms with Gasteiger partial charge < -0.3 is 9.64 Å². The first kappa shape index (κ1) is 19.3. The van der Waals surface area contributed by atoms with E-state index in [1.165, 1.54) is 10.6 Å². The number of benzene rings is 1. The predicted octanol–water partition coefficient (Wildman–Crippen LogP) is 2.25. The number of hydrogen-bond acceptors (Lipinski definition) is 4. The highest BCUT2D eigenvalue weighted by molar-refractivity contribution is 7.88. The van der Waals surface area contributed by atoms with Crippen molar-refractivity contribution < 1.29 is 17.9 Å². The van der Waals surface area contributed by atoms with Gasteiger partial charge in [0.2, 0.25) is 10.0 Å². The molecule has 0 N–H and O–H groups in total. The van der Waals surface area contributed by atoms with Crippen LogP contribution in [-0.4, -0.2) is 62.1 Å². The van der Waals surface area contributed by atoms with Crippen LogP contribution in [0.25, 0.3) is 0 Å². The summed E-state index contributed by atoms with van der Waals surface area (Å²) in [5.41, 5.74) is 0. The zero-order chi connectivity index (χ0) is 17.9. The summed E-state index contributed by atoms with van der Waals surface area (Å²) in [6.45, 7) is 3.19. The van der Waals surface area contributed by atoms with E-state index in [0.29, 0.717) is 48.4 Å². The van der Waals surface area contributed by atoms with E-state index < -0.39 is 16.1 Å². The highest BCUT2D eigenvalue weighted by Gasteiger charge is 2.27. The first-order valence-electron chi connectivity index (χ1n) is 7.54. The summed E-state index contributed by atoms with van der Waals surface area (Å²) in [4.78, 5) is 14.2. The highest BCUT2D eigenvalue weighted by Crippen LogP contribution is 2.28. The van der Waals surface area contributed by atoms with Gasteiger partial charge in [0, 0.05) is 31.2 Å². The lowest BCUT2D eigenvalue weighted by Gasteiger charge is -2.25. The molecule has 1 heterocycles. The first-order valence-corrected chi connectivity index (χ1v) is 10.1. The van der Waals surface area contributed by atoms with Crippen LogP contribution in [0.2, 0.25) is 10.0 Å². The normalized spacial score (nSPS) is 18.1. The fourth-order valence-electron chi connectivity index (χ4n) is 2.51. The number of nitrogens with zero attached hydrogens (tertiary/aromatic N) is 2. The average molecular weight is 395 g/mol. The minimum atomic E-state index is -3.24. The zero-order valence-electron chi connectivity index (χ0n) is 13.5. The molecular formula is C15H20Cl2N2O4S. The van der Waals surface area contributed by atoms with E-state index in [9.17, 15) is 13.2 Å². The molecule has 1 fully saturated rings. The second-order valence-electron chi connectivity index (χ2n) is 5.68. The van der Waals surface area contributed by atoms with Crippen molar-refractivity contribution in [2.45, 2.75) is 19.4 Å². The Balaban J connectivity index is 2.00. The number of carbonyl (C=O) groups excluding carboxylic acids is 1. The van der Waals surface area contributed by atoms with E-state index in [0.717, 1.165) is 0 Å². The highest BCUT2D eigenvalue weighted by atomic mass is 35.5. The topological polar surface area (TPSA) is 66.9 Å². The largest absolute Gasteiger partial charge is 0.479 e. The van der Waals surface area contributed by atoms with Crippen molar-refractivity contribution in [1.82, 2.24) is 9.21 Å². The summed E-state index contributed by atoms with van der Waals surface area (Å²) in [6.07, 6.45) is 1.04. The smallest absolute Gasteiger partial charge is 0.263 e. The average Bonchev–Trinajstić information content (AvgIpc) is 2.75. The fraction of sp³-hybridized carbons (Fsp3) is 0.533. The molecule has 1 aliphatic rings. The van der Waals surface area contributed by atoms with Crippen LogP contribution in [0.5, 0.6) is 5.75 Å². The van der Waals surface area contributed by atoms with Crippen molar-refractivity contribution in [1.29, 1.82) is 0 Å². The lowest BCUT2D eigenvalue weighted by atomic mass is 10.3. The minimum Gasteiger partial charge on any atom is -0.479 e. The molecular weight excluding hydrogens is 375 g/mol. The van der Waals surface area contributed by atoms with E-state index in [1.54, 1.807) is 30.0 Å². The van der Waals surface area contributed by atoms with Gasteiger partial charge in [-0.3, -0.25) is 4.79 Å². The van der Waals surface area contributed by atoms with Gasteiger partial charge in [-0.2, -0.15) is 0 Å². The van der Waals surface area contributed by atoms with E-state index in [2.05, 4.69) is 0 Å². The molecule has 1 atom stereocenters. The molecule has 0 saturated carbocycles. The van der Waals surface area contributed by atoms with Gasteiger partial charge in [0.25, 0.3) is 5.91 Å². The molecule has 0 aromatic heterocycles. The van der Waals surface area contributed by atoms with E-state index in [-0.39, 0.29) is 5.91 Å². The summed E-state index contributed by atoms with van der Waals surface area (Å²) >= 11 is 11.9. The maximum atomic E-state index is 12.6. The summed E-state index contributed by atoms with van der Waals surface area (Å²) in [5, 5.41) is 0.820. The van der Waals surface area contributed by atoms with Gasteiger partial charge >= 0.3 is 0 Å². The molecule has 0 aliphatic carbocycles. The Bertz CT molecular complexity index is 711. The summed E-state index contributed by atoms with van der Waals surface area (Å²) in [7, 11) is -3.24. The third kappa shape index (κ3) is 4.99. The van der Waals surface area contributed by atoms with Gasteiger partial charge in [-0.1, -0.05) is 23.2 Å². The van der Waals surface area contributed by atoms with Crippen molar-refractivity contribution in [2.75, 3.05) is 32.4 Å². The molecule has 0 radical (unpaired) electrons. The van der Waals surface area contributed by atoms with Crippen molar-refractivity contribution >= 4 is 39.1 Å². The number of halogens is 2. The quantitative estimate of drug-likeness (QED) is 0.785. The second kappa shape index (κ2) is 7.91. The maximum absolute atomic E-state index is 12.6. The lowest BCUT2D eigenvalue weighted by Crippen LogP contribution is -2.42. The van der Waals surface area contributed by atoms with Crippen LogP contribution in [0, 0.1) is 0 Å². The molecule has 1 aromatic carbocycles. The first-order chi connectivity index (χ1) is 11.2. The fourth-order valence-corrected chi connectivity index (χ4v) is 3.84. The number of hydrogen-bond donors (Lipinski definition) is 0. The Morgan fingerprint density at radius 2 is 1.92 bits per heavy atom. The van der Waals surface area contributed by atoms with E-state index in [4.69, 9.17) is 27.9 Å². The molecule has 134 valence electrons. The molecule has 1 aromatic rings. The van der Waals surface area contributed by atoms with Crippen LogP contribution in [0.1, 0.15) is 13.3 Å². The standard InChI is InChI=1S/C15H20Cl2N2O4S/c1-11(23-14-5-4-12(16)10-13(14)17)15(20)18-6-3-7-19(9-8-18)24(2,21)22/h4-5,10-11H,3,6-9H2,1-2H3. The van der Waals surface area contributed by atoms with Crippen molar-refractivity contribution in [3.05, 3.63) is 28.2 Å². The molecule has 1 aliphatic heterocycles. The Labute approximate surface area is 152 Å². The van der Waals surface area contributed by atoms with Crippen LogP contribution in [-0.2, 0) is 14.8 Å². The molecule has 2 rings (SSSR count). The predicted molar refractivity (Wildman–Crippen MR) is 94.2 cm³/mol. The van der Waals surface area contributed by atoms with Gasteiger partial charge in [-0.15, -0.1) is 0 Å². The Morgan fingerprint density at radius 1 is 1.21 bits per heavy atom. The van der Waals surface area contributed by atoms with Gasteiger partial charge in [0.05, 0.1) is 11.3 Å². The Hall–Kier alpha value is -1.02. The summed E-state index contributed by atoms with van der Waals surface area (Å²) < 4.78 is 30.3. The number of ether oxygens (including phenoxy) is 1.